The van der Waals surface area contributed by atoms with Gasteiger partial charge in [-0.15, -0.1) is 0 Å². The van der Waals surface area contributed by atoms with Crippen LogP contribution in [0.4, 0.5) is 4.39 Å². The van der Waals surface area contributed by atoms with Gasteiger partial charge in [0.05, 0.1) is 12.8 Å². The summed E-state index contributed by atoms with van der Waals surface area (Å²) in [6, 6.07) is 12.0. The molecule has 0 atom stereocenters. The van der Waals surface area contributed by atoms with Crippen molar-refractivity contribution in [1.82, 2.24) is 15.5 Å². The topological polar surface area (TPSA) is 67.0 Å². The highest BCUT2D eigenvalue weighted by Crippen LogP contribution is 2.35. The van der Waals surface area contributed by atoms with Crippen molar-refractivity contribution in [2.75, 3.05) is 7.11 Å². The SMILES string of the molecule is COc1ccc2c(c1)CCc1c-2n[nH]c1C(=O)NCc1ccc(F)cc1. The van der Waals surface area contributed by atoms with Crippen LogP contribution in [0.5, 0.6) is 5.75 Å². The van der Waals surface area contributed by atoms with Gasteiger partial charge in [-0.1, -0.05) is 12.1 Å². The Balaban J connectivity index is 1.55. The molecule has 132 valence electrons. The molecule has 3 aromatic rings. The highest BCUT2D eigenvalue weighted by molar-refractivity contribution is 5.96. The molecule has 6 heteroatoms. The normalized spacial score (nSPS) is 12.2. The van der Waals surface area contributed by atoms with Gasteiger partial charge in [0.25, 0.3) is 5.91 Å². The number of hydrogen-bond donors (Lipinski definition) is 2. The number of nitrogens with zero attached hydrogens (tertiary/aromatic N) is 1. The van der Waals surface area contributed by atoms with E-state index in [0.717, 1.165) is 41.0 Å². The van der Waals surface area contributed by atoms with Crippen molar-refractivity contribution in [3.63, 3.8) is 0 Å². The molecule has 1 aliphatic carbocycles. The van der Waals surface area contributed by atoms with Crippen LogP contribution in [0.2, 0.25) is 0 Å². The van der Waals surface area contributed by atoms with E-state index in [1.807, 2.05) is 18.2 Å². The molecule has 0 saturated heterocycles. The number of aromatic nitrogens is 2. The first-order valence-corrected chi connectivity index (χ1v) is 8.43. The highest BCUT2D eigenvalue weighted by Gasteiger charge is 2.25. The third-order valence-electron chi connectivity index (χ3n) is 4.67. The van der Waals surface area contributed by atoms with E-state index >= 15 is 0 Å². The fourth-order valence-electron chi connectivity index (χ4n) is 3.29. The molecule has 0 spiro atoms. The molecule has 0 unspecified atom stereocenters. The molecular weight excluding hydrogens is 333 g/mol. The van der Waals surface area contributed by atoms with Crippen molar-refractivity contribution in [1.29, 1.82) is 0 Å². The van der Waals surface area contributed by atoms with Crippen LogP contribution in [0.1, 0.15) is 27.2 Å². The molecule has 1 amide bonds. The smallest absolute Gasteiger partial charge is 0.269 e. The summed E-state index contributed by atoms with van der Waals surface area (Å²) in [5.74, 6) is 0.318. The lowest BCUT2D eigenvalue weighted by molar-refractivity contribution is 0.0945. The average molecular weight is 351 g/mol. The molecule has 4 rings (SSSR count). The lowest BCUT2D eigenvalue weighted by Crippen LogP contribution is -2.24. The average Bonchev–Trinajstić information content (AvgIpc) is 3.11. The number of aromatic amines is 1. The van der Waals surface area contributed by atoms with Gasteiger partial charge >= 0.3 is 0 Å². The number of carbonyl (C=O) groups is 1. The summed E-state index contributed by atoms with van der Waals surface area (Å²) in [6.07, 6.45) is 1.57. The number of aryl methyl sites for hydroxylation is 1. The second kappa shape index (κ2) is 6.63. The van der Waals surface area contributed by atoms with Gasteiger partial charge in [-0.2, -0.15) is 5.10 Å². The molecule has 2 N–H and O–H groups in total. The molecular formula is C20H18FN3O2. The predicted molar refractivity (Wildman–Crippen MR) is 95.6 cm³/mol. The van der Waals surface area contributed by atoms with Gasteiger partial charge in [-0.3, -0.25) is 9.89 Å². The largest absolute Gasteiger partial charge is 0.497 e. The summed E-state index contributed by atoms with van der Waals surface area (Å²) in [4.78, 5) is 12.6. The Morgan fingerprint density at radius 3 is 2.81 bits per heavy atom. The van der Waals surface area contributed by atoms with Crippen molar-refractivity contribution in [2.24, 2.45) is 0 Å². The maximum absolute atomic E-state index is 13.0. The maximum Gasteiger partial charge on any atom is 0.269 e. The predicted octanol–water partition coefficient (Wildman–Crippen LogP) is 3.25. The molecule has 1 aliphatic rings. The number of rotatable bonds is 4. The number of H-pyrrole nitrogens is 1. The molecule has 0 fully saturated rings. The standard InChI is InChI=1S/C20H18FN3O2/c1-26-15-7-9-16-13(10-15)4-8-17-18(16)23-24-19(17)20(25)22-11-12-2-5-14(21)6-3-12/h2-3,5-7,9-10H,4,8,11H2,1H3,(H,22,25)(H,23,24). The zero-order valence-corrected chi connectivity index (χ0v) is 14.3. The first kappa shape index (κ1) is 16.3. The monoisotopic (exact) mass is 351 g/mol. The first-order chi connectivity index (χ1) is 12.7. The van der Waals surface area contributed by atoms with Crippen LogP contribution in [0, 0.1) is 5.82 Å². The summed E-state index contributed by atoms with van der Waals surface area (Å²) in [6.45, 7) is 0.334. The van der Waals surface area contributed by atoms with Gasteiger partial charge in [-0.05, 0) is 54.3 Å². The maximum atomic E-state index is 13.0. The van der Waals surface area contributed by atoms with Crippen LogP contribution in [0.15, 0.2) is 42.5 Å². The number of fused-ring (bicyclic) bond motifs is 3. The number of ether oxygens (including phenoxy) is 1. The molecule has 0 bridgehead atoms. The molecule has 2 aromatic carbocycles. The van der Waals surface area contributed by atoms with Gasteiger partial charge < -0.3 is 10.1 Å². The van der Waals surface area contributed by atoms with E-state index in [1.165, 1.54) is 17.7 Å². The summed E-state index contributed by atoms with van der Waals surface area (Å²) < 4.78 is 18.2. The van der Waals surface area contributed by atoms with E-state index < -0.39 is 0 Å². The van der Waals surface area contributed by atoms with Crippen LogP contribution in [0.25, 0.3) is 11.3 Å². The Kier molecular flexibility index (Phi) is 4.16. The Bertz CT molecular complexity index is 964. The van der Waals surface area contributed by atoms with Gasteiger partial charge in [0.1, 0.15) is 17.3 Å². The van der Waals surface area contributed by atoms with Crippen LogP contribution in [0.3, 0.4) is 0 Å². The molecule has 0 saturated carbocycles. The highest BCUT2D eigenvalue weighted by atomic mass is 19.1. The first-order valence-electron chi connectivity index (χ1n) is 8.43. The third kappa shape index (κ3) is 2.94. The number of hydrogen-bond acceptors (Lipinski definition) is 3. The Hall–Kier alpha value is -3.15. The number of methoxy groups -OCH3 is 1. The van der Waals surface area contributed by atoms with Gasteiger partial charge in [0, 0.05) is 17.7 Å². The minimum Gasteiger partial charge on any atom is -0.497 e. The van der Waals surface area contributed by atoms with E-state index in [9.17, 15) is 9.18 Å². The summed E-state index contributed by atoms with van der Waals surface area (Å²) in [7, 11) is 1.65. The van der Waals surface area contributed by atoms with Crippen molar-refractivity contribution in [3.8, 4) is 17.0 Å². The summed E-state index contributed by atoms with van der Waals surface area (Å²) in [5.41, 5.74) is 5.27. The van der Waals surface area contributed by atoms with E-state index in [2.05, 4.69) is 15.5 Å². The number of benzene rings is 2. The Morgan fingerprint density at radius 2 is 2.04 bits per heavy atom. The van der Waals surface area contributed by atoms with Crippen LogP contribution < -0.4 is 10.1 Å². The number of halogens is 1. The molecule has 26 heavy (non-hydrogen) atoms. The number of amides is 1. The minimum atomic E-state index is -0.294. The second-order valence-electron chi connectivity index (χ2n) is 6.26. The van der Waals surface area contributed by atoms with E-state index in [0.29, 0.717) is 12.2 Å². The van der Waals surface area contributed by atoms with Crippen molar-refractivity contribution in [3.05, 3.63) is 70.7 Å². The van der Waals surface area contributed by atoms with E-state index in [-0.39, 0.29) is 11.7 Å². The zero-order chi connectivity index (χ0) is 18.1. The lowest BCUT2D eigenvalue weighted by Gasteiger charge is -2.17. The van der Waals surface area contributed by atoms with Crippen LogP contribution in [-0.4, -0.2) is 23.2 Å². The molecule has 0 radical (unpaired) electrons. The van der Waals surface area contributed by atoms with Crippen LogP contribution >= 0.6 is 0 Å². The number of nitrogens with one attached hydrogen (secondary N) is 2. The minimum absolute atomic E-state index is 0.208. The Labute approximate surface area is 150 Å². The van der Waals surface area contributed by atoms with Crippen molar-refractivity contribution in [2.45, 2.75) is 19.4 Å². The number of carbonyl (C=O) groups excluding carboxylic acids is 1. The molecule has 1 heterocycles. The van der Waals surface area contributed by atoms with Crippen molar-refractivity contribution >= 4 is 5.91 Å². The summed E-state index contributed by atoms with van der Waals surface area (Å²) in [5, 5.41) is 10.1. The molecule has 1 aromatic heterocycles. The van der Waals surface area contributed by atoms with Crippen molar-refractivity contribution < 1.29 is 13.9 Å². The Morgan fingerprint density at radius 1 is 1.23 bits per heavy atom. The fourth-order valence-corrected chi connectivity index (χ4v) is 3.29. The molecule has 0 aliphatic heterocycles. The van der Waals surface area contributed by atoms with Gasteiger partial charge in [-0.25, -0.2) is 4.39 Å². The van der Waals surface area contributed by atoms with Gasteiger partial charge in [0.15, 0.2) is 0 Å². The zero-order valence-electron chi connectivity index (χ0n) is 14.3. The quantitative estimate of drug-likeness (QED) is 0.758. The van der Waals surface area contributed by atoms with Gasteiger partial charge in [0.2, 0.25) is 0 Å². The third-order valence-corrected chi connectivity index (χ3v) is 4.67. The van der Waals surface area contributed by atoms with E-state index in [4.69, 9.17) is 4.74 Å². The summed E-state index contributed by atoms with van der Waals surface area (Å²) >= 11 is 0. The fraction of sp³-hybridized carbons (Fsp3) is 0.200. The lowest BCUT2D eigenvalue weighted by atomic mass is 9.89. The second-order valence-corrected chi connectivity index (χ2v) is 6.26. The van der Waals surface area contributed by atoms with Crippen LogP contribution in [-0.2, 0) is 19.4 Å². The van der Waals surface area contributed by atoms with E-state index in [1.54, 1.807) is 19.2 Å². The molecule has 5 nitrogen and oxygen atoms in total.